The normalized spacial score (nSPS) is 14.1. The van der Waals surface area contributed by atoms with Gasteiger partial charge >= 0.3 is 0 Å². The number of aromatic nitrogens is 3. The summed E-state index contributed by atoms with van der Waals surface area (Å²) in [7, 11) is 0. The van der Waals surface area contributed by atoms with Crippen molar-refractivity contribution in [3.63, 3.8) is 0 Å². The predicted octanol–water partition coefficient (Wildman–Crippen LogP) is 3.28. The Labute approximate surface area is 170 Å². The fraction of sp³-hybridized carbons (Fsp3) is 0.318. The molecule has 0 aliphatic carbocycles. The molecule has 0 unspecified atom stereocenters. The minimum absolute atomic E-state index is 0.265. The molecule has 1 N–H and O–H groups in total. The highest BCUT2D eigenvalue weighted by Gasteiger charge is 2.20. The number of nitrogens with zero attached hydrogens (tertiary/aromatic N) is 4. The van der Waals surface area contributed by atoms with Gasteiger partial charge < -0.3 is 15.0 Å². The van der Waals surface area contributed by atoms with Gasteiger partial charge in [0, 0.05) is 13.1 Å². The number of hydrogen-bond acceptors (Lipinski definition) is 5. The summed E-state index contributed by atoms with van der Waals surface area (Å²) in [6.45, 7) is 8.83. The van der Waals surface area contributed by atoms with E-state index in [0.717, 1.165) is 35.7 Å². The van der Waals surface area contributed by atoms with Crippen LogP contribution in [0.3, 0.4) is 0 Å². The van der Waals surface area contributed by atoms with Crippen LogP contribution in [0.4, 0.5) is 11.4 Å². The first-order valence-corrected chi connectivity index (χ1v) is 9.77. The van der Waals surface area contributed by atoms with E-state index < -0.39 is 0 Å². The van der Waals surface area contributed by atoms with Crippen molar-refractivity contribution >= 4 is 17.3 Å². The van der Waals surface area contributed by atoms with Crippen LogP contribution in [0.2, 0.25) is 0 Å². The maximum Gasteiger partial charge on any atom is 0.278 e. The summed E-state index contributed by atoms with van der Waals surface area (Å²) in [5.74, 6) is -0.265. The third-order valence-corrected chi connectivity index (χ3v) is 5.07. The molecule has 150 valence electrons. The minimum atomic E-state index is -0.265. The van der Waals surface area contributed by atoms with Crippen molar-refractivity contribution in [1.29, 1.82) is 0 Å². The number of amides is 1. The van der Waals surface area contributed by atoms with Gasteiger partial charge in [-0.2, -0.15) is 9.90 Å². The van der Waals surface area contributed by atoms with Crippen LogP contribution in [-0.2, 0) is 4.74 Å². The maximum atomic E-state index is 13.0. The fourth-order valence-electron chi connectivity index (χ4n) is 3.57. The van der Waals surface area contributed by atoms with Crippen molar-refractivity contribution in [2.45, 2.75) is 20.8 Å². The quantitative estimate of drug-likeness (QED) is 0.739. The van der Waals surface area contributed by atoms with Gasteiger partial charge in [-0.1, -0.05) is 29.8 Å². The first-order chi connectivity index (χ1) is 14.0. The zero-order chi connectivity index (χ0) is 20.4. The molecule has 0 atom stereocenters. The van der Waals surface area contributed by atoms with E-state index in [0.29, 0.717) is 24.6 Å². The molecule has 7 nitrogen and oxygen atoms in total. The van der Waals surface area contributed by atoms with E-state index in [1.54, 1.807) is 6.92 Å². The Balaban J connectivity index is 1.59. The number of nitrogens with one attached hydrogen (secondary N) is 1. The third kappa shape index (κ3) is 4.00. The lowest BCUT2D eigenvalue weighted by molar-refractivity contribution is 0.102. The molecule has 1 fully saturated rings. The molecule has 29 heavy (non-hydrogen) atoms. The lowest BCUT2D eigenvalue weighted by Crippen LogP contribution is -2.36. The van der Waals surface area contributed by atoms with E-state index in [1.165, 1.54) is 10.4 Å². The number of rotatable bonds is 4. The molecule has 1 amide bonds. The number of carbonyl (C=O) groups excluding carboxylic acids is 1. The molecule has 0 bridgehead atoms. The van der Waals surface area contributed by atoms with Crippen LogP contribution < -0.4 is 10.2 Å². The second kappa shape index (κ2) is 8.05. The van der Waals surface area contributed by atoms with E-state index in [9.17, 15) is 4.79 Å². The fourth-order valence-corrected chi connectivity index (χ4v) is 3.57. The summed E-state index contributed by atoms with van der Waals surface area (Å²) in [6, 6.07) is 13.9. The number of carbonyl (C=O) groups is 1. The highest BCUT2D eigenvalue weighted by molar-refractivity contribution is 6.05. The van der Waals surface area contributed by atoms with Gasteiger partial charge in [-0.3, -0.25) is 4.79 Å². The number of morpholine rings is 1. The topological polar surface area (TPSA) is 72.3 Å². The number of anilines is 2. The van der Waals surface area contributed by atoms with E-state index >= 15 is 0 Å². The molecule has 4 rings (SSSR count). The molecule has 2 heterocycles. The Morgan fingerprint density at radius 1 is 1.00 bits per heavy atom. The summed E-state index contributed by atoms with van der Waals surface area (Å²) < 4.78 is 5.44. The van der Waals surface area contributed by atoms with Crippen LogP contribution in [0.15, 0.2) is 42.5 Å². The second-order valence-corrected chi connectivity index (χ2v) is 7.28. The number of benzene rings is 2. The molecule has 7 heteroatoms. The van der Waals surface area contributed by atoms with Gasteiger partial charge in [0.2, 0.25) is 0 Å². The molecule has 0 radical (unpaired) electrons. The molecule has 1 aliphatic heterocycles. The SMILES string of the molecule is Cc1ccc(-n2nc(C)c(C(=O)Nc3ccccc3N3CCOCC3)n2)c(C)c1. The van der Waals surface area contributed by atoms with Crippen LogP contribution in [0.1, 0.15) is 27.3 Å². The average molecular weight is 391 g/mol. The number of ether oxygens (including phenoxy) is 1. The standard InChI is InChI=1S/C22H25N5O2/c1-15-8-9-19(16(2)14-15)27-24-17(3)21(25-27)22(28)23-18-6-4-5-7-20(18)26-10-12-29-13-11-26/h4-9,14H,10-13H2,1-3H3,(H,23,28). The van der Waals surface area contributed by atoms with E-state index in [4.69, 9.17) is 4.74 Å². The largest absolute Gasteiger partial charge is 0.378 e. The minimum Gasteiger partial charge on any atom is -0.378 e. The monoisotopic (exact) mass is 391 g/mol. The van der Waals surface area contributed by atoms with Gasteiger partial charge in [0.1, 0.15) is 0 Å². The second-order valence-electron chi connectivity index (χ2n) is 7.28. The summed E-state index contributed by atoms with van der Waals surface area (Å²) in [4.78, 5) is 16.7. The zero-order valence-corrected chi connectivity index (χ0v) is 17.0. The molecule has 1 saturated heterocycles. The molecule has 0 spiro atoms. The maximum absolute atomic E-state index is 13.0. The Morgan fingerprint density at radius 3 is 2.52 bits per heavy atom. The van der Waals surface area contributed by atoms with Crippen LogP contribution in [0, 0.1) is 20.8 Å². The Bertz CT molecular complexity index is 1040. The van der Waals surface area contributed by atoms with Gasteiger partial charge in [0.05, 0.1) is 36.0 Å². The molecular weight excluding hydrogens is 366 g/mol. The summed E-state index contributed by atoms with van der Waals surface area (Å²) in [6.07, 6.45) is 0. The van der Waals surface area contributed by atoms with Crippen molar-refractivity contribution in [3.05, 3.63) is 65.0 Å². The molecule has 0 saturated carbocycles. The van der Waals surface area contributed by atoms with Gasteiger partial charge in [-0.05, 0) is 44.5 Å². The van der Waals surface area contributed by atoms with Crippen molar-refractivity contribution in [2.24, 2.45) is 0 Å². The third-order valence-electron chi connectivity index (χ3n) is 5.07. The Hall–Kier alpha value is -3.19. The van der Waals surface area contributed by atoms with Gasteiger partial charge in [0.25, 0.3) is 5.91 Å². The smallest absolute Gasteiger partial charge is 0.278 e. The number of aryl methyl sites for hydroxylation is 3. The lowest BCUT2D eigenvalue weighted by atomic mass is 10.1. The van der Waals surface area contributed by atoms with Gasteiger partial charge in [-0.25, -0.2) is 0 Å². The molecule has 1 aromatic heterocycles. The van der Waals surface area contributed by atoms with Crippen molar-refractivity contribution in [1.82, 2.24) is 15.0 Å². The van der Waals surface area contributed by atoms with Gasteiger partial charge in [-0.15, -0.1) is 5.10 Å². The number of hydrogen-bond donors (Lipinski definition) is 1. The van der Waals surface area contributed by atoms with Crippen LogP contribution in [0.5, 0.6) is 0 Å². The lowest BCUT2D eigenvalue weighted by Gasteiger charge is -2.30. The predicted molar refractivity (Wildman–Crippen MR) is 113 cm³/mol. The van der Waals surface area contributed by atoms with Crippen LogP contribution >= 0.6 is 0 Å². The summed E-state index contributed by atoms with van der Waals surface area (Å²) >= 11 is 0. The molecule has 2 aromatic carbocycles. The molecular formula is C22H25N5O2. The van der Waals surface area contributed by atoms with E-state index in [2.05, 4.69) is 26.5 Å². The van der Waals surface area contributed by atoms with E-state index in [1.807, 2.05) is 50.2 Å². The first kappa shape index (κ1) is 19.1. The van der Waals surface area contributed by atoms with Crippen molar-refractivity contribution in [2.75, 3.05) is 36.5 Å². The van der Waals surface area contributed by atoms with E-state index in [-0.39, 0.29) is 5.91 Å². The summed E-state index contributed by atoms with van der Waals surface area (Å²) in [5.41, 5.74) is 5.76. The summed E-state index contributed by atoms with van der Waals surface area (Å²) in [5, 5.41) is 11.9. The van der Waals surface area contributed by atoms with Crippen molar-refractivity contribution < 1.29 is 9.53 Å². The molecule has 3 aromatic rings. The highest BCUT2D eigenvalue weighted by atomic mass is 16.5. The zero-order valence-electron chi connectivity index (χ0n) is 17.0. The van der Waals surface area contributed by atoms with Crippen molar-refractivity contribution in [3.8, 4) is 5.69 Å². The van der Waals surface area contributed by atoms with Gasteiger partial charge in [0.15, 0.2) is 5.69 Å². The van der Waals surface area contributed by atoms with Crippen LogP contribution in [-0.4, -0.2) is 47.2 Å². The molecule has 1 aliphatic rings. The highest BCUT2D eigenvalue weighted by Crippen LogP contribution is 2.27. The average Bonchev–Trinajstić information content (AvgIpc) is 3.10. The Kier molecular flexibility index (Phi) is 5.31. The first-order valence-electron chi connectivity index (χ1n) is 9.77. The number of para-hydroxylation sites is 2. The Morgan fingerprint density at radius 2 is 1.76 bits per heavy atom. The van der Waals surface area contributed by atoms with Crippen LogP contribution in [0.25, 0.3) is 5.69 Å².